The van der Waals surface area contributed by atoms with Crippen LogP contribution >= 0.6 is 0 Å². The number of aromatic nitrogens is 2. The van der Waals surface area contributed by atoms with Crippen LogP contribution in [0.3, 0.4) is 0 Å². The average Bonchev–Trinajstić information content (AvgIpc) is 3.37. The first-order valence-electron chi connectivity index (χ1n) is 9.24. The second-order valence-electron chi connectivity index (χ2n) is 6.66. The number of hydrogen-bond acceptors (Lipinski definition) is 3. The molecular weight excluding hydrogens is 334 g/mol. The molecule has 4 nitrogen and oxygen atoms in total. The van der Waals surface area contributed by atoms with Crippen LogP contribution in [0, 0.1) is 6.92 Å². The van der Waals surface area contributed by atoms with Crippen LogP contribution in [0.5, 0.6) is 0 Å². The highest BCUT2D eigenvalue weighted by molar-refractivity contribution is 5.63. The van der Waals surface area contributed by atoms with Crippen LogP contribution in [0.25, 0.3) is 16.9 Å². The van der Waals surface area contributed by atoms with Crippen molar-refractivity contribution >= 4 is 0 Å². The molecule has 0 aliphatic heterocycles. The number of furan rings is 1. The standard InChI is InChI=1S/C23H23N3O/c1-18-9-11-19(12-10-18)23-20(16-24-14-13-22-8-5-15-27-22)17-26(25-23)21-6-3-2-4-7-21/h2-12,15,17,24H,13-14,16H2,1H3. The van der Waals surface area contributed by atoms with E-state index in [2.05, 4.69) is 54.8 Å². The van der Waals surface area contributed by atoms with Crippen LogP contribution in [0.4, 0.5) is 0 Å². The largest absolute Gasteiger partial charge is 0.469 e. The van der Waals surface area contributed by atoms with Crippen molar-refractivity contribution in [1.82, 2.24) is 15.1 Å². The molecule has 136 valence electrons. The lowest BCUT2D eigenvalue weighted by molar-refractivity contribution is 0.499. The lowest BCUT2D eigenvalue weighted by atomic mass is 10.1. The summed E-state index contributed by atoms with van der Waals surface area (Å²) in [6.07, 6.45) is 4.71. The zero-order valence-corrected chi connectivity index (χ0v) is 15.4. The fourth-order valence-corrected chi connectivity index (χ4v) is 3.10. The van der Waals surface area contributed by atoms with Crippen molar-refractivity contribution in [2.45, 2.75) is 19.9 Å². The first-order valence-corrected chi connectivity index (χ1v) is 9.24. The van der Waals surface area contributed by atoms with Crippen molar-refractivity contribution in [3.8, 4) is 16.9 Å². The van der Waals surface area contributed by atoms with Gasteiger partial charge in [0.25, 0.3) is 0 Å². The van der Waals surface area contributed by atoms with E-state index in [1.54, 1.807) is 6.26 Å². The second kappa shape index (κ2) is 8.06. The molecule has 0 saturated heterocycles. The molecule has 4 rings (SSSR count). The molecule has 0 bridgehead atoms. The van der Waals surface area contributed by atoms with Crippen molar-refractivity contribution in [2.75, 3.05) is 6.54 Å². The number of rotatable bonds is 7. The lowest BCUT2D eigenvalue weighted by Gasteiger charge is -2.05. The van der Waals surface area contributed by atoms with Gasteiger partial charge in [-0.15, -0.1) is 0 Å². The maximum absolute atomic E-state index is 5.40. The predicted octanol–water partition coefficient (Wildman–Crippen LogP) is 4.77. The topological polar surface area (TPSA) is 43.0 Å². The predicted molar refractivity (Wildman–Crippen MR) is 108 cm³/mol. The van der Waals surface area contributed by atoms with Gasteiger partial charge in [0, 0.05) is 36.8 Å². The summed E-state index contributed by atoms with van der Waals surface area (Å²) in [5.41, 5.74) is 5.65. The summed E-state index contributed by atoms with van der Waals surface area (Å²) in [6, 6.07) is 22.7. The third-order valence-corrected chi connectivity index (χ3v) is 4.58. The summed E-state index contributed by atoms with van der Waals surface area (Å²) >= 11 is 0. The van der Waals surface area contributed by atoms with Gasteiger partial charge in [0.15, 0.2) is 0 Å². The minimum atomic E-state index is 0.761. The number of para-hydroxylation sites is 1. The quantitative estimate of drug-likeness (QED) is 0.484. The molecule has 0 aliphatic carbocycles. The summed E-state index contributed by atoms with van der Waals surface area (Å²) in [5, 5.41) is 8.38. The smallest absolute Gasteiger partial charge is 0.105 e. The number of hydrogen-bond donors (Lipinski definition) is 1. The molecule has 0 radical (unpaired) electrons. The lowest BCUT2D eigenvalue weighted by Crippen LogP contribution is -2.16. The summed E-state index contributed by atoms with van der Waals surface area (Å²) in [4.78, 5) is 0. The van der Waals surface area contributed by atoms with Gasteiger partial charge in [0.05, 0.1) is 17.6 Å². The fourth-order valence-electron chi connectivity index (χ4n) is 3.10. The van der Waals surface area contributed by atoms with Gasteiger partial charge in [-0.05, 0) is 31.2 Å². The highest BCUT2D eigenvalue weighted by Gasteiger charge is 2.12. The highest BCUT2D eigenvalue weighted by atomic mass is 16.3. The fraction of sp³-hybridized carbons (Fsp3) is 0.174. The zero-order chi connectivity index (χ0) is 18.5. The Morgan fingerprint density at radius 2 is 1.78 bits per heavy atom. The second-order valence-corrected chi connectivity index (χ2v) is 6.66. The summed E-state index contributed by atoms with van der Waals surface area (Å²) in [7, 11) is 0. The molecule has 0 unspecified atom stereocenters. The van der Waals surface area contributed by atoms with Gasteiger partial charge in [-0.2, -0.15) is 5.10 Å². The SMILES string of the molecule is Cc1ccc(-c2nn(-c3ccccc3)cc2CNCCc2ccco2)cc1. The van der Waals surface area contributed by atoms with Crippen molar-refractivity contribution in [3.05, 3.63) is 96.1 Å². The van der Waals surface area contributed by atoms with E-state index in [1.807, 2.05) is 35.0 Å². The first-order chi connectivity index (χ1) is 13.3. The molecule has 2 heterocycles. The number of nitrogens with one attached hydrogen (secondary N) is 1. The number of aryl methyl sites for hydroxylation is 1. The molecule has 0 spiro atoms. The Labute approximate surface area is 159 Å². The Balaban J connectivity index is 1.56. The monoisotopic (exact) mass is 357 g/mol. The van der Waals surface area contributed by atoms with Gasteiger partial charge in [-0.25, -0.2) is 4.68 Å². The summed E-state index contributed by atoms with van der Waals surface area (Å²) < 4.78 is 7.35. The van der Waals surface area contributed by atoms with Crippen molar-refractivity contribution < 1.29 is 4.42 Å². The Hall–Kier alpha value is -3.11. The van der Waals surface area contributed by atoms with Gasteiger partial charge in [0.2, 0.25) is 0 Å². The maximum atomic E-state index is 5.40. The van der Waals surface area contributed by atoms with E-state index in [9.17, 15) is 0 Å². The van der Waals surface area contributed by atoms with E-state index in [-0.39, 0.29) is 0 Å². The summed E-state index contributed by atoms with van der Waals surface area (Å²) in [6.45, 7) is 3.72. The molecule has 0 aliphatic rings. The maximum Gasteiger partial charge on any atom is 0.105 e. The first kappa shape index (κ1) is 17.3. The van der Waals surface area contributed by atoms with E-state index in [1.165, 1.54) is 11.1 Å². The molecule has 1 N–H and O–H groups in total. The highest BCUT2D eigenvalue weighted by Crippen LogP contribution is 2.24. The minimum Gasteiger partial charge on any atom is -0.469 e. The number of nitrogens with zero attached hydrogens (tertiary/aromatic N) is 2. The third-order valence-electron chi connectivity index (χ3n) is 4.58. The molecule has 0 atom stereocenters. The van der Waals surface area contributed by atoms with Crippen LogP contribution in [0.1, 0.15) is 16.9 Å². The minimum absolute atomic E-state index is 0.761. The molecule has 0 amide bonds. The van der Waals surface area contributed by atoms with Gasteiger partial charge in [-0.1, -0.05) is 48.0 Å². The van der Waals surface area contributed by atoms with Crippen LogP contribution in [-0.2, 0) is 13.0 Å². The van der Waals surface area contributed by atoms with Crippen molar-refractivity contribution in [1.29, 1.82) is 0 Å². The molecule has 4 heteroatoms. The van der Waals surface area contributed by atoms with E-state index in [0.29, 0.717) is 0 Å². The molecule has 4 aromatic rings. The van der Waals surface area contributed by atoms with Gasteiger partial charge < -0.3 is 9.73 Å². The Morgan fingerprint density at radius 3 is 2.52 bits per heavy atom. The molecule has 27 heavy (non-hydrogen) atoms. The van der Waals surface area contributed by atoms with Crippen molar-refractivity contribution in [3.63, 3.8) is 0 Å². The van der Waals surface area contributed by atoms with Gasteiger partial charge in [-0.3, -0.25) is 0 Å². The normalized spacial score (nSPS) is 11.0. The van der Waals surface area contributed by atoms with Crippen LogP contribution in [0.2, 0.25) is 0 Å². The molecule has 2 aromatic heterocycles. The van der Waals surface area contributed by atoms with Crippen molar-refractivity contribution in [2.24, 2.45) is 0 Å². The zero-order valence-electron chi connectivity index (χ0n) is 15.4. The Morgan fingerprint density at radius 1 is 0.963 bits per heavy atom. The van der Waals surface area contributed by atoms with E-state index < -0.39 is 0 Å². The summed E-state index contributed by atoms with van der Waals surface area (Å²) in [5.74, 6) is 1.00. The molecule has 0 saturated carbocycles. The molecule has 0 fully saturated rings. The van der Waals surface area contributed by atoms with Gasteiger partial charge in [0.1, 0.15) is 5.76 Å². The number of benzene rings is 2. The van der Waals surface area contributed by atoms with Crippen LogP contribution < -0.4 is 5.32 Å². The third kappa shape index (κ3) is 4.18. The molecular formula is C23H23N3O. The average molecular weight is 357 g/mol. The van der Waals surface area contributed by atoms with E-state index in [0.717, 1.165) is 42.2 Å². The van der Waals surface area contributed by atoms with Gasteiger partial charge >= 0.3 is 0 Å². The van der Waals surface area contributed by atoms with E-state index in [4.69, 9.17) is 9.52 Å². The molecule has 2 aromatic carbocycles. The van der Waals surface area contributed by atoms with Crippen LogP contribution in [-0.4, -0.2) is 16.3 Å². The Bertz CT molecular complexity index is 970. The van der Waals surface area contributed by atoms with E-state index >= 15 is 0 Å². The Kier molecular flexibility index (Phi) is 5.17. The van der Waals surface area contributed by atoms with Crippen LogP contribution in [0.15, 0.2) is 83.6 Å².